The minimum absolute atomic E-state index is 0.0998. The molecule has 0 heterocycles. The second kappa shape index (κ2) is 6.24. The van der Waals surface area contributed by atoms with Gasteiger partial charge in [-0.15, -0.1) is 0 Å². The summed E-state index contributed by atoms with van der Waals surface area (Å²) in [6.45, 7) is 13.8. The van der Waals surface area contributed by atoms with E-state index in [0.717, 1.165) is 6.54 Å². The van der Waals surface area contributed by atoms with Crippen molar-refractivity contribution in [1.82, 2.24) is 5.32 Å². The summed E-state index contributed by atoms with van der Waals surface area (Å²) in [6.07, 6.45) is 0. The first-order chi connectivity index (χ1) is 7.20. The van der Waals surface area contributed by atoms with Crippen molar-refractivity contribution in [2.75, 3.05) is 13.7 Å². The van der Waals surface area contributed by atoms with Crippen molar-refractivity contribution >= 4 is 5.97 Å². The highest BCUT2D eigenvalue weighted by atomic mass is 16.5. The Balaban J connectivity index is 4.07. The van der Waals surface area contributed by atoms with Crippen LogP contribution in [0.3, 0.4) is 0 Å². The lowest BCUT2D eigenvalue weighted by Gasteiger charge is -2.29. The summed E-state index contributed by atoms with van der Waals surface area (Å²) in [5.74, 6) is 0.320. The van der Waals surface area contributed by atoms with Crippen molar-refractivity contribution < 1.29 is 9.53 Å². The predicted molar refractivity (Wildman–Crippen MR) is 67.3 cm³/mol. The van der Waals surface area contributed by atoms with Crippen LogP contribution in [0, 0.1) is 17.3 Å². The molecule has 0 aromatic rings. The van der Waals surface area contributed by atoms with E-state index in [1.165, 1.54) is 7.11 Å². The number of rotatable bonds is 5. The maximum Gasteiger partial charge on any atom is 0.309 e. The monoisotopic (exact) mass is 229 g/mol. The van der Waals surface area contributed by atoms with E-state index in [1.54, 1.807) is 0 Å². The minimum Gasteiger partial charge on any atom is -0.469 e. The van der Waals surface area contributed by atoms with Gasteiger partial charge in [-0.05, 0) is 24.8 Å². The molecule has 0 fully saturated rings. The van der Waals surface area contributed by atoms with Crippen molar-refractivity contribution in [1.29, 1.82) is 0 Å². The summed E-state index contributed by atoms with van der Waals surface area (Å²) in [5, 5.41) is 3.40. The SMILES string of the molecule is COC(=O)C(C)C(C)NCC(C)C(C)(C)C. The molecule has 0 rings (SSSR count). The quantitative estimate of drug-likeness (QED) is 0.736. The van der Waals surface area contributed by atoms with Gasteiger partial charge >= 0.3 is 5.97 Å². The highest BCUT2D eigenvalue weighted by molar-refractivity contribution is 5.72. The van der Waals surface area contributed by atoms with Crippen molar-refractivity contribution in [3.8, 4) is 0 Å². The minimum atomic E-state index is -0.150. The highest BCUT2D eigenvalue weighted by Gasteiger charge is 2.24. The molecule has 0 radical (unpaired) electrons. The van der Waals surface area contributed by atoms with Gasteiger partial charge in [-0.1, -0.05) is 34.6 Å². The van der Waals surface area contributed by atoms with Crippen LogP contribution in [0.1, 0.15) is 41.5 Å². The number of hydrogen-bond acceptors (Lipinski definition) is 3. The number of carbonyl (C=O) groups is 1. The zero-order valence-electron chi connectivity index (χ0n) is 11.8. The molecule has 3 nitrogen and oxygen atoms in total. The van der Waals surface area contributed by atoms with Crippen molar-refractivity contribution in [3.05, 3.63) is 0 Å². The maximum absolute atomic E-state index is 11.3. The third-order valence-electron chi connectivity index (χ3n) is 3.55. The van der Waals surface area contributed by atoms with E-state index in [2.05, 4.69) is 33.0 Å². The van der Waals surface area contributed by atoms with Crippen LogP contribution in [-0.2, 0) is 9.53 Å². The zero-order chi connectivity index (χ0) is 12.9. The largest absolute Gasteiger partial charge is 0.469 e. The zero-order valence-corrected chi connectivity index (χ0v) is 11.8. The fourth-order valence-corrected chi connectivity index (χ4v) is 1.24. The van der Waals surface area contributed by atoms with Gasteiger partial charge in [0.25, 0.3) is 0 Å². The molecule has 0 saturated heterocycles. The van der Waals surface area contributed by atoms with Crippen LogP contribution >= 0.6 is 0 Å². The van der Waals surface area contributed by atoms with Gasteiger partial charge in [0.2, 0.25) is 0 Å². The molecule has 96 valence electrons. The smallest absolute Gasteiger partial charge is 0.309 e. The fraction of sp³-hybridized carbons (Fsp3) is 0.923. The van der Waals surface area contributed by atoms with Crippen LogP contribution in [0.5, 0.6) is 0 Å². The first-order valence-electron chi connectivity index (χ1n) is 6.01. The van der Waals surface area contributed by atoms with Gasteiger partial charge in [-0.25, -0.2) is 0 Å². The summed E-state index contributed by atoms with van der Waals surface area (Å²) < 4.78 is 4.73. The number of esters is 1. The molecule has 0 aromatic carbocycles. The van der Waals surface area contributed by atoms with E-state index in [9.17, 15) is 4.79 Å². The number of nitrogens with one attached hydrogen (secondary N) is 1. The van der Waals surface area contributed by atoms with Crippen LogP contribution < -0.4 is 5.32 Å². The lowest BCUT2D eigenvalue weighted by atomic mass is 9.82. The molecular formula is C13H27NO2. The summed E-state index contributed by atoms with van der Waals surface area (Å²) in [5.41, 5.74) is 0.293. The normalized spacial score (nSPS) is 17.7. The van der Waals surface area contributed by atoms with E-state index in [0.29, 0.717) is 11.3 Å². The summed E-state index contributed by atoms with van der Waals surface area (Å²) in [7, 11) is 1.43. The van der Waals surface area contributed by atoms with Gasteiger partial charge in [-0.2, -0.15) is 0 Å². The molecule has 0 amide bonds. The number of ether oxygens (including phenoxy) is 1. The second-order valence-corrected chi connectivity index (χ2v) is 5.78. The van der Waals surface area contributed by atoms with E-state index in [1.807, 2.05) is 13.8 Å². The molecule has 16 heavy (non-hydrogen) atoms. The van der Waals surface area contributed by atoms with E-state index in [-0.39, 0.29) is 17.9 Å². The topological polar surface area (TPSA) is 38.3 Å². The first-order valence-corrected chi connectivity index (χ1v) is 6.01. The summed E-state index contributed by atoms with van der Waals surface area (Å²) in [6, 6.07) is 0.150. The first kappa shape index (κ1) is 15.4. The van der Waals surface area contributed by atoms with E-state index < -0.39 is 0 Å². The Labute approximate surface area is 99.9 Å². The molecule has 0 spiro atoms. The van der Waals surface area contributed by atoms with Crippen molar-refractivity contribution in [2.24, 2.45) is 17.3 Å². The number of carbonyl (C=O) groups excluding carboxylic acids is 1. The van der Waals surface area contributed by atoms with E-state index >= 15 is 0 Å². The van der Waals surface area contributed by atoms with Gasteiger partial charge in [0.1, 0.15) is 0 Å². The lowest BCUT2D eigenvalue weighted by molar-refractivity contribution is -0.145. The van der Waals surface area contributed by atoms with Crippen LogP contribution in [0.4, 0.5) is 0 Å². The second-order valence-electron chi connectivity index (χ2n) is 5.78. The van der Waals surface area contributed by atoms with Gasteiger partial charge in [-0.3, -0.25) is 4.79 Å². The number of methoxy groups -OCH3 is 1. The molecule has 0 saturated carbocycles. The van der Waals surface area contributed by atoms with Crippen LogP contribution in [0.2, 0.25) is 0 Å². The molecule has 0 bridgehead atoms. The van der Waals surface area contributed by atoms with Crippen molar-refractivity contribution in [3.63, 3.8) is 0 Å². The van der Waals surface area contributed by atoms with Gasteiger partial charge in [0, 0.05) is 6.04 Å². The molecule has 0 aromatic heterocycles. The molecule has 0 aliphatic heterocycles. The van der Waals surface area contributed by atoms with Crippen LogP contribution in [0.25, 0.3) is 0 Å². The standard InChI is InChI=1S/C13H27NO2/c1-9(13(4,5)6)8-14-11(3)10(2)12(15)16-7/h9-11,14H,8H2,1-7H3. The van der Waals surface area contributed by atoms with Crippen LogP contribution in [0.15, 0.2) is 0 Å². The Morgan fingerprint density at radius 1 is 1.25 bits per heavy atom. The molecular weight excluding hydrogens is 202 g/mol. The Morgan fingerprint density at radius 3 is 2.12 bits per heavy atom. The fourth-order valence-electron chi connectivity index (χ4n) is 1.24. The van der Waals surface area contributed by atoms with E-state index in [4.69, 9.17) is 4.74 Å². The molecule has 0 aliphatic carbocycles. The third kappa shape index (κ3) is 4.97. The summed E-state index contributed by atoms with van der Waals surface area (Å²) >= 11 is 0. The Kier molecular flexibility index (Phi) is 6.01. The average molecular weight is 229 g/mol. The Hall–Kier alpha value is -0.570. The Bertz CT molecular complexity index is 220. The number of hydrogen-bond donors (Lipinski definition) is 1. The maximum atomic E-state index is 11.3. The Morgan fingerprint density at radius 2 is 1.75 bits per heavy atom. The highest BCUT2D eigenvalue weighted by Crippen LogP contribution is 2.24. The van der Waals surface area contributed by atoms with Crippen molar-refractivity contribution in [2.45, 2.75) is 47.6 Å². The molecule has 3 heteroatoms. The summed E-state index contributed by atoms with van der Waals surface area (Å²) in [4.78, 5) is 11.3. The molecule has 3 unspecified atom stereocenters. The average Bonchev–Trinajstić information content (AvgIpc) is 2.21. The van der Waals surface area contributed by atoms with Crippen LogP contribution in [-0.4, -0.2) is 25.7 Å². The molecule has 0 aliphatic rings. The third-order valence-corrected chi connectivity index (χ3v) is 3.55. The van der Waals surface area contributed by atoms with Gasteiger partial charge in [0.15, 0.2) is 0 Å². The molecule has 3 atom stereocenters. The van der Waals surface area contributed by atoms with Gasteiger partial charge < -0.3 is 10.1 Å². The van der Waals surface area contributed by atoms with Gasteiger partial charge in [0.05, 0.1) is 13.0 Å². The molecule has 1 N–H and O–H groups in total. The lowest BCUT2D eigenvalue weighted by Crippen LogP contribution is -2.41. The predicted octanol–water partition coefficient (Wildman–Crippen LogP) is 2.46.